The lowest BCUT2D eigenvalue weighted by atomic mass is 10.2. The number of benzene rings is 2. The summed E-state index contributed by atoms with van der Waals surface area (Å²) in [6, 6.07) is 18.6. The van der Waals surface area contributed by atoms with Crippen LogP contribution < -0.4 is 0 Å². The average Bonchev–Trinajstić information content (AvgIpc) is 2.74. The van der Waals surface area contributed by atoms with Crippen LogP contribution in [0.4, 0.5) is 0 Å². The van der Waals surface area contributed by atoms with Crippen LogP contribution in [0, 0.1) is 0 Å². The summed E-state index contributed by atoms with van der Waals surface area (Å²) in [6.45, 7) is 0.461. The highest BCUT2D eigenvalue weighted by Crippen LogP contribution is 2.15. The Balaban J connectivity index is 1.54. The largest absolute Gasteiger partial charge is 0.426 e. The third-order valence-corrected chi connectivity index (χ3v) is 3.76. The monoisotopic (exact) mass is 380 g/mol. The zero-order valence-electron chi connectivity index (χ0n) is 15.1. The molecule has 6 heteroatoms. The van der Waals surface area contributed by atoms with Crippen LogP contribution in [0.3, 0.4) is 0 Å². The Morgan fingerprint density at radius 3 is 1.50 bits per heavy atom. The summed E-state index contributed by atoms with van der Waals surface area (Å²) in [4.78, 5) is 24.1. The van der Waals surface area contributed by atoms with E-state index in [4.69, 9.17) is 18.9 Å². The summed E-state index contributed by atoms with van der Waals surface area (Å²) in [5, 5.41) is 0. The maximum atomic E-state index is 12.0. The molecule has 3 rings (SSSR count). The fourth-order valence-electron chi connectivity index (χ4n) is 2.43. The Morgan fingerprint density at radius 1 is 0.714 bits per heavy atom. The fraction of sp³-hybridized carbons (Fsp3) is 0.182. The van der Waals surface area contributed by atoms with Crippen LogP contribution in [0.1, 0.15) is 11.1 Å². The number of hydrogen-bond donors (Lipinski definition) is 0. The van der Waals surface area contributed by atoms with Gasteiger partial charge in [-0.15, -0.1) is 0 Å². The second-order valence-corrected chi connectivity index (χ2v) is 5.84. The minimum absolute atomic E-state index is 0.230. The Labute approximate surface area is 163 Å². The van der Waals surface area contributed by atoms with Gasteiger partial charge < -0.3 is 18.9 Å². The number of esters is 2. The topological polar surface area (TPSA) is 71.1 Å². The van der Waals surface area contributed by atoms with E-state index in [-0.39, 0.29) is 13.2 Å². The van der Waals surface area contributed by atoms with Crippen molar-refractivity contribution in [3.05, 3.63) is 83.9 Å². The summed E-state index contributed by atoms with van der Waals surface area (Å²) in [5.74, 6) is -1.25. The lowest BCUT2D eigenvalue weighted by Crippen LogP contribution is -2.43. The molecule has 0 unspecified atom stereocenters. The van der Waals surface area contributed by atoms with Crippen molar-refractivity contribution in [3.8, 4) is 0 Å². The first-order valence-electron chi connectivity index (χ1n) is 8.81. The molecular formula is C22H20O6. The Hall–Kier alpha value is -3.22. The van der Waals surface area contributed by atoms with Crippen LogP contribution in [-0.2, 0) is 28.5 Å². The van der Waals surface area contributed by atoms with Gasteiger partial charge in [0.1, 0.15) is 0 Å². The molecule has 1 aliphatic rings. The molecule has 0 N–H and O–H groups in total. The van der Waals surface area contributed by atoms with E-state index in [9.17, 15) is 9.59 Å². The smallest absolute Gasteiger partial charge is 0.333 e. The van der Waals surface area contributed by atoms with Gasteiger partial charge in [-0.05, 0) is 23.3 Å². The molecule has 144 valence electrons. The molecule has 2 aromatic rings. The van der Waals surface area contributed by atoms with E-state index in [0.717, 1.165) is 11.1 Å². The van der Waals surface area contributed by atoms with Gasteiger partial charge in [0, 0.05) is 12.2 Å². The van der Waals surface area contributed by atoms with E-state index in [1.54, 1.807) is 12.2 Å². The van der Waals surface area contributed by atoms with Crippen LogP contribution in [0.2, 0.25) is 0 Å². The molecule has 0 aromatic heterocycles. The fourth-order valence-corrected chi connectivity index (χ4v) is 2.43. The van der Waals surface area contributed by atoms with Crippen molar-refractivity contribution in [1.82, 2.24) is 0 Å². The van der Waals surface area contributed by atoms with Gasteiger partial charge in [0.15, 0.2) is 0 Å². The standard InChI is InChI=1S/C22H20O6/c23-19(13-11-17-7-3-1-4-8-17)27-21-22(26-16-15-25-21)28-20(24)14-12-18-9-5-2-6-10-18/h1-14,21-22H,15-16H2/b13-11+,14-12+/t21-,22-/m1/s1. The molecule has 0 amide bonds. The third kappa shape index (κ3) is 6.19. The van der Waals surface area contributed by atoms with Crippen molar-refractivity contribution < 1.29 is 28.5 Å². The van der Waals surface area contributed by atoms with Crippen molar-refractivity contribution in [2.45, 2.75) is 12.6 Å². The molecule has 1 heterocycles. The zero-order valence-corrected chi connectivity index (χ0v) is 15.1. The first-order valence-corrected chi connectivity index (χ1v) is 8.81. The minimum atomic E-state index is -1.13. The number of carbonyl (C=O) groups excluding carboxylic acids is 2. The highest BCUT2D eigenvalue weighted by atomic mass is 16.8. The van der Waals surface area contributed by atoms with E-state index >= 15 is 0 Å². The van der Waals surface area contributed by atoms with Gasteiger partial charge in [-0.2, -0.15) is 0 Å². The molecule has 0 spiro atoms. The molecule has 28 heavy (non-hydrogen) atoms. The van der Waals surface area contributed by atoms with E-state index in [2.05, 4.69) is 0 Å². The summed E-state index contributed by atoms with van der Waals surface area (Å²) >= 11 is 0. The first-order chi connectivity index (χ1) is 13.7. The molecule has 0 radical (unpaired) electrons. The quantitative estimate of drug-likeness (QED) is 0.566. The van der Waals surface area contributed by atoms with Gasteiger partial charge in [-0.1, -0.05) is 60.7 Å². The number of hydrogen-bond acceptors (Lipinski definition) is 6. The average molecular weight is 380 g/mol. The third-order valence-electron chi connectivity index (χ3n) is 3.76. The molecule has 2 aromatic carbocycles. The molecule has 1 fully saturated rings. The molecule has 2 atom stereocenters. The van der Waals surface area contributed by atoms with E-state index in [0.29, 0.717) is 0 Å². The Morgan fingerprint density at radius 2 is 1.11 bits per heavy atom. The highest BCUT2D eigenvalue weighted by Gasteiger charge is 2.32. The van der Waals surface area contributed by atoms with Gasteiger partial charge in [0.25, 0.3) is 12.6 Å². The maximum absolute atomic E-state index is 12.0. The van der Waals surface area contributed by atoms with Crippen molar-refractivity contribution in [1.29, 1.82) is 0 Å². The summed E-state index contributed by atoms with van der Waals surface area (Å²) in [5.41, 5.74) is 1.71. The van der Waals surface area contributed by atoms with Crippen molar-refractivity contribution in [2.24, 2.45) is 0 Å². The lowest BCUT2D eigenvalue weighted by Gasteiger charge is -2.29. The number of carbonyl (C=O) groups is 2. The van der Waals surface area contributed by atoms with E-state index < -0.39 is 24.5 Å². The molecule has 0 bridgehead atoms. The van der Waals surface area contributed by atoms with Gasteiger partial charge in [0.05, 0.1) is 13.2 Å². The van der Waals surface area contributed by atoms with E-state index in [1.807, 2.05) is 60.7 Å². The molecular weight excluding hydrogens is 360 g/mol. The first kappa shape index (κ1) is 19.5. The zero-order chi connectivity index (χ0) is 19.6. The highest BCUT2D eigenvalue weighted by molar-refractivity contribution is 5.88. The van der Waals surface area contributed by atoms with Gasteiger partial charge in [0.2, 0.25) is 0 Å². The molecule has 6 nitrogen and oxygen atoms in total. The van der Waals surface area contributed by atoms with Crippen LogP contribution in [0.25, 0.3) is 12.2 Å². The van der Waals surface area contributed by atoms with Gasteiger partial charge in [-0.25, -0.2) is 9.59 Å². The summed E-state index contributed by atoms with van der Waals surface area (Å²) in [7, 11) is 0. The normalized spacial score (nSPS) is 19.6. The van der Waals surface area contributed by atoms with Gasteiger partial charge in [-0.3, -0.25) is 0 Å². The van der Waals surface area contributed by atoms with Gasteiger partial charge >= 0.3 is 11.9 Å². The van der Waals surface area contributed by atoms with Crippen LogP contribution in [0.5, 0.6) is 0 Å². The van der Waals surface area contributed by atoms with Crippen molar-refractivity contribution in [2.75, 3.05) is 13.2 Å². The van der Waals surface area contributed by atoms with Crippen LogP contribution >= 0.6 is 0 Å². The van der Waals surface area contributed by atoms with E-state index in [1.165, 1.54) is 12.2 Å². The molecule has 1 aliphatic heterocycles. The summed E-state index contributed by atoms with van der Waals surface area (Å²) in [6.07, 6.45) is 3.54. The second-order valence-electron chi connectivity index (χ2n) is 5.84. The molecule has 0 saturated carbocycles. The Kier molecular flexibility index (Phi) is 7.12. The lowest BCUT2D eigenvalue weighted by molar-refractivity contribution is -0.299. The molecule has 1 saturated heterocycles. The second kappa shape index (κ2) is 10.2. The summed E-state index contributed by atoms with van der Waals surface area (Å²) < 4.78 is 21.2. The SMILES string of the molecule is O=C(/C=C/c1ccccc1)O[C@H]1OCCO[C@@H]1OC(=O)/C=C/c1ccccc1. The number of ether oxygens (including phenoxy) is 4. The Bertz CT molecular complexity index is 757. The predicted octanol–water partition coefficient (Wildman–Crippen LogP) is 3.20. The van der Waals surface area contributed by atoms with Crippen LogP contribution in [0.15, 0.2) is 72.8 Å². The minimum Gasteiger partial charge on any atom is -0.426 e. The number of rotatable bonds is 6. The predicted molar refractivity (Wildman–Crippen MR) is 103 cm³/mol. The molecule has 0 aliphatic carbocycles. The van der Waals surface area contributed by atoms with Crippen molar-refractivity contribution >= 4 is 24.1 Å². The van der Waals surface area contributed by atoms with Crippen LogP contribution in [-0.4, -0.2) is 37.7 Å². The van der Waals surface area contributed by atoms with Crippen molar-refractivity contribution in [3.63, 3.8) is 0 Å². The maximum Gasteiger partial charge on any atom is 0.333 e.